The Balaban J connectivity index is 1.36. The van der Waals surface area contributed by atoms with Crippen molar-refractivity contribution in [1.29, 1.82) is 0 Å². The Hall–Kier alpha value is -2.08. The van der Waals surface area contributed by atoms with Gasteiger partial charge >= 0.3 is 0 Å². The van der Waals surface area contributed by atoms with Crippen molar-refractivity contribution in [3.63, 3.8) is 0 Å². The molecule has 1 fully saturated rings. The maximum Gasteiger partial charge on any atom is 0.270 e. The van der Waals surface area contributed by atoms with Gasteiger partial charge in [-0.05, 0) is 60.7 Å². The summed E-state index contributed by atoms with van der Waals surface area (Å²) in [5.74, 6) is 1.29. The minimum atomic E-state index is -0.101. The van der Waals surface area contributed by atoms with E-state index in [2.05, 4.69) is 10.3 Å². The number of rotatable bonds is 7. The Labute approximate surface area is 177 Å². The van der Waals surface area contributed by atoms with Crippen molar-refractivity contribution in [2.75, 3.05) is 6.54 Å². The Morgan fingerprint density at radius 3 is 2.64 bits per heavy atom. The number of ether oxygens (including phenoxy) is 1. The molecular formula is C21H18Cl2N2O2S. The SMILES string of the molecule is O=C(NCC1CC1)c1csc(-c2ccc(OCc3ccc(Cl)c(Cl)c3)cc2)n1. The van der Waals surface area contributed by atoms with Crippen LogP contribution in [0.4, 0.5) is 0 Å². The number of benzene rings is 2. The smallest absolute Gasteiger partial charge is 0.270 e. The number of amides is 1. The molecule has 4 rings (SSSR count). The van der Waals surface area contributed by atoms with E-state index >= 15 is 0 Å². The van der Waals surface area contributed by atoms with E-state index in [0.717, 1.165) is 28.4 Å². The third-order valence-electron chi connectivity index (χ3n) is 4.48. The molecule has 0 bridgehead atoms. The first kappa shape index (κ1) is 19.2. The van der Waals surface area contributed by atoms with Crippen LogP contribution in [-0.2, 0) is 6.61 Å². The van der Waals surface area contributed by atoms with E-state index in [1.54, 1.807) is 17.5 Å². The summed E-state index contributed by atoms with van der Waals surface area (Å²) >= 11 is 13.4. The number of hydrogen-bond donors (Lipinski definition) is 1. The van der Waals surface area contributed by atoms with Gasteiger partial charge in [0.1, 0.15) is 23.1 Å². The summed E-state index contributed by atoms with van der Waals surface area (Å²) in [7, 11) is 0. The normalized spacial score (nSPS) is 13.4. The van der Waals surface area contributed by atoms with Crippen molar-refractivity contribution >= 4 is 40.4 Å². The van der Waals surface area contributed by atoms with Crippen molar-refractivity contribution in [3.8, 4) is 16.3 Å². The van der Waals surface area contributed by atoms with Crippen LogP contribution < -0.4 is 10.1 Å². The molecule has 2 aromatic carbocycles. The van der Waals surface area contributed by atoms with Crippen LogP contribution in [0.15, 0.2) is 47.8 Å². The van der Waals surface area contributed by atoms with Crippen LogP contribution in [0.3, 0.4) is 0 Å². The zero-order valence-electron chi connectivity index (χ0n) is 15.0. The van der Waals surface area contributed by atoms with E-state index in [4.69, 9.17) is 27.9 Å². The second kappa shape index (κ2) is 8.52. The molecule has 7 heteroatoms. The average molecular weight is 433 g/mol. The van der Waals surface area contributed by atoms with Gasteiger partial charge in [0.15, 0.2) is 0 Å². The third kappa shape index (κ3) is 4.85. The molecule has 1 aromatic heterocycles. The number of halogens is 2. The number of carbonyl (C=O) groups is 1. The molecule has 1 aliphatic carbocycles. The second-order valence-corrected chi connectivity index (χ2v) is 8.43. The van der Waals surface area contributed by atoms with Crippen molar-refractivity contribution < 1.29 is 9.53 Å². The number of carbonyl (C=O) groups excluding carboxylic acids is 1. The summed E-state index contributed by atoms with van der Waals surface area (Å²) < 4.78 is 5.80. The predicted molar refractivity (Wildman–Crippen MR) is 113 cm³/mol. The van der Waals surface area contributed by atoms with Gasteiger partial charge in [-0.25, -0.2) is 4.98 Å². The van der Waals surface area contributed by atoms with Crippen molar-refractivity contribution in [1.82, 2.24) is 10.3 Å². The van der Waals surface area contributed by atoms with Crippen LogP contribution in [0.25, 0.3) is 10.6 Å². The summed E-state index contributed by atoms with van der Waals surface area (Å²) in [5, 5.41) is 6.59. The molecule has 1 saturated carbocycles. The molecule has 1 amide bonds. The van der Waals surface area contributed by atoms with Crippen LogP contribution in [-0.4, -0.2) is 17.4 Å². The van der Waals surface area contributed by atoms with E-state index in [1.807, 2.05) is 30.3 Å². The maximum absolute atomic E-state index is 12.1. The average Bonchev–Trinajstić information content (AvgIpc) is 3.41. The Morgan fingerprint density at radius 1 is 1.14 bits per heavy atom. The van der Waals surface area contributed by atoms with Crippen molar-refractivity contribution in [2.45, 2.75) is 19.4 Å². The number of thiazole rings is 1. The Kier molecular flexibility index (Phi) is 5.85. The zero-order valence-corrected chi connectivity index (χ0v) is 17.3. The van der Waals surface area contributed by atoms with Gasteiger partial charge in [-0.3, -0.25) is 4.79 Å². The third-order valence-corrected chi connectivity index (χ3v) is 6.11. The van der Waals surface area contributed by atoms with E-state index in [0.29, 0.717) is 28.3 Å². The highest BCUT2D eigenvalue weighted by Crippen LogP contribution is 2.29. The van der Waals surface area contributed by atoms with E-state index in [9.17, 15) is 4.79 Å². The lowest BCUT2D eigenvalue weighted by molar-refractivity contribution is 0.0947. The van der Waals surface area contributed by atoms with Gasteiger partial charge in [0, 0.05) is 17.5 Å². The van der Waals surface area contributed by atoms with E-state index in [-0.39, 0.29) is 5.91 Å². The second-order valence-electron chi connectivity index (χ2n) is 6.75. The first-order valence-corrected chi connectivity index (χ1v) is 10.6. The van der Waals surface area contributed by atoms with Gasteiger partial charge in [-0.2, -0.15) is 0 Å². The number of aromatic nitrogens is 1. The first-order valence-electron chi connectivity index (χ1n) is 8.99. The summed E-state index contributed by atoms with van der Waals surface area (Å²) in [5.41, 5.74) is 2.37. The van der Waals surface area contributed by atoms with Gasteiger partial charge < -0.3 is 10.1 Å². The summed E-state index contributed by atoms with van der Waals surface area (Å²) in [4.78, 5) is 16.6. The van der Waals surface area contributed by atoms with Gasteiger partial charge in [0.25, 0.3) is 5.91 Å². The molecule has 1 N–H and O–H groups in total. The van der Waals surface area contributed by atoms with Crippen LogP contribution in [0.1, 0.15) is 28.9 Å². The lowest BCUT2D eigenvalue weighted by atomic mass is 10.2. The minimum absolute atomic E-state index is 0.101. The minimum Gasteiger partial charge on any atom is -0.489 e. The maximum atomic E-state index is 12.1. The lowest BCUT2D eigenvalue weighted by Crippen LogP contribution is -2.25. The van der Waals surface area contributed by atoms with E-state index in [1.165, 1.54) is 24.2 Å². The molecule has 1 heterocycles. The molecule has 0 atom stereocenters. The standard InChI is InChI=1S/C21H18Cl2N2O2S/c22-17-8-3-14(9-18(17)23)11-27-16-6-4-15(5-7-16)21-25-19(12-28-21)20(26)24-10-13-1-2-13/h3-9,12-13H,1-2,10-11H2,(H,24,26). The summed E-state index contributed by atoms with van der Waals surface area (Å²) in [6.07, 6.45) is 2.42. The van der Waals surface area contributed by atoms with Crippen LogP contribution in [0.5, 0.6) is 5.75 Å². The van der Waals surface area contributed by atoms with Crippen LogP contribution in [0.2, 0.25) is 10.0 Å². The largest absolute Gasteiger partial charge is 0.489 e. The summed E-state index contributed by atoms with van der Waals surface area (Å²) in [6, 6.07) is 13.1. The molecule has 0 radical (unpaired) electrons. The fourth-order valence-corrected chi connectivity index (χ4v) is 3.78. The quantitative estimate of drug-likeness (QED) is 0.510. The van der Waals surface area contributed by atoms with Gasteiger partial charge in [0.2, 0.25) is 0 Å². The van der Waals surface area contributed by atoms with Crippen molar-refractivity contribution in [2.24, 2.45) is 5.92 Å². The molecule has 0 aliphatic heterocycles. The highest BCUT2D eigenvalue weighted by Gasteiger charge is 2.22. The zero-order chi connectivity index (χ0) is 19.5. The molecule has 0 unspecified atom stereocenters. The highest BCUT2D eigenvalue weighted by molar-refractivity contribution is 7.13. The molecule has 0 saturated heterocycles. The molecule has 1 aliphatic rings. The summed E-state index contributed by atoms with van der Waals surface area (Å²) in [6.45, 7) is 1.15. The lowest BCUT2D eigenvalue weighted by Gasteiger charge is -2.07. The fourth-order valence-electron chi connectivity index (χ4n) is 2.65. The van der Waals surface area contributed by atoms with Gasteiger partial charge in [-0.15, -0.1) is 11.3 Å². The van der Waals surface area contributed by atoms with E-state index < -0.39 is 0 Å². The number of nitrogens with zero attached hydrogens (tertiary/aromatic N) is 1. The highest BCUT2D eigenvalue weighted by atomic mass is 35.5. The number of hydrogen-bond acceptors (Lipinski definition) is 4. The molecule has 28 heavy (non-hydrogen) atoms. The molecule has 4 nitrogen and oxygen atoms in total. The molecule has 0 spiro atoms. The monoisotopic (exact) mass is 432 g/mol. The van der Waals surface area contributed by atoms with Crippen LogP contribution >= 0.6 is 34.5 Å². The number of nitrogens with one attached hydrogen (secondary N) is 1. The Bertz CT molecular complexity index is 984. The van der Waals surface area contributed by atoms with Crippen LogP contribution in [0, 0.1) is 5.92 Å². The Morgan fingerprint density at radius 2 is 1.93 bits per heavy atom. The molecule has 144 valence electrons. The topological polar surface area (TPSA) is 51.2 Å². The first-order chi connectivity index (χ1) is 13.6. The fraction of sp³-hybridized carbons (Fsp3) is 0.238. The van der Waals surface area contributed by atoms with Gasteiger partial charge in [0.05, 0.1) is 10.0 Å². The van der Waals surface area contributed by atoms with Gasteiger partial charge in [-0.1, -0.05) is 29.3 Å². The molecule has 3 aromatic rings. The molecular weight excluding hydrogens is 415 g/mol. The van der Waals surface area contributed by atoms with Crippen molar-refractivity contribution in [3.05, 3.63) is 69.1 Å². The predicted octanol–water partition coefficient (Wildman–Crippen LogP) is 5.84.